The Morgan fingerprint density at radius 3 is 1.81 bits per heavy atom. The Morgan fingerprint density at radius 1 is 0.541 bits per heavy atom. The standard InChI is InChI=1S/C20H34O17/c21-1-6-10(24)14(28)20(34-6)37-16-8(36-18-13(27)9(23)5(22)2-32-18)4-33-19(15(16)29)35-7-3-31-17(30)12(26)11(7)25/h5-30H,1-4H2/t5-,6+,7-,8-,9+,10+,11+,12-,13-,14-,15-,16+,17?,18+,19+,20+/m1/s1. The maximum absolute atomic E-state index is 11.0. The molecular weight excluding hydrogens is 512 g/mol. The zero-order valence-electron chi connectivity index (χ0n) is 19.4. The molecular formula is C20H34O17. The molecule has 216 valence electrons. The number of aliphatic hydroxyl groups excluding tert-OH is 10. The van der Waals surface area contributed by atoms with Gasteiger partial charge in [-0.25, -0.2) is 0 Å². The molecule has 4 rings (SSSR count). The molecule has 4 heterocycles. The summed E-state index contributed by atoms with van der Waals surface area (Å²) >= 11 is 0. The van der Waals surface area contributed by atoms with Crippen molar-refractivity contribution in [1.82, 2.24) is 0 Å². The van der Waals surface area contributed by atoms with Crippen molar-refractivity contribution in [1.29, 1.82) is 0 Å². The van der Waals surface area contributed by atoms with E-state index in [4.69, 9.17) is 33.2 Å². The van der Waals surface area contributed by atoms with E-state index in [0.717, 1.165) is 0 Å². The van der Waals surface area contributed by atoms with Crippen molar-refractivity contribution in [2.24, 2.45) is 0 Å². The lowest BCUT2D eigenvalue weighted by atomic mass is 10.0. The molecule has 0 aromatic carbocycles. The summed E-state index contributed by atoms with van der Waals surface area (Å²) in [5.74, 6) is 0. The maximum Gasteiger partial charge on any atom is 0.187 e. The van der Waals surface area contributed by atoms with Gasteiger partial charge in [-0.05, 0) is 0 Å². The van der Waals surface area contributed by atoms with Crippen LogP contribution in [0.5, 0.6) is 0 Å². The summed E-state index contributed by atoms with van der Waals surface area (Å²) in [7, 11) is 0. The molecule has 4 aliphatic heterocycles. The van der Waals surface area contributed by atoms with Crippen molar-refractivity contribution < 1.29 is 84.2 Å². The summed E-state index contributed by atoms with van der Waals surface area (Å²) in [6.45, 7) is -1.79. The minimum absolute atomic E-state index is 0.366. The van der Waals surface area contributed by atoms with Gasteiger partial charge < -0.3 is 84.2 Å². The number of hydrogen-bond donors (Lipinski definition) is 10. The van der Waals surface area contributed by atoms with Gasteiger partial charge >= 0.3 is 0 Å². The number of ether oxygens (including phenoxy) is 7. The van der Waals surface area contributed by atoms with Crippen LogP contribution in [0.25, 0.3) is 0 Å². The van der Waals surface area contributed by atoms with Crippen LogP contribution in [0, 0.1) is 0 Å². The van der Waals surface area contributed by atoms with Crippen LogP contribution in [-0.4, -0.2) is 176 Å². The molecule has 1 unspecified atom stereocenters. The number of rotatable bonds is 7. The molecule has 0 saturated carbocycles. The van der Waals surface area contributed by atoms with Gasteiger partial charge in [0.15, 0.2) is 25.2 Å². The topological polar surface area (TPSA) is 267 Å². The fourth-order valence-electron chi connectivity index (χ4n) is 4.44. The molecule has 4 fully saturated rings. The highest BCUT2D eigenvalue weighted by Crippen LogP contribution is 2.31. The van der Waals surface area contributed by atoms with Gasteiger partial charge in [0.05, 0.1) is 26.4 Å². The third-order valence-corrected chi connectivity index (χ3v) is 6.72. The van der Waals surface area contributed by atoms with E-state index < -0.39 is 112 Å². The van der Waals surface area contributed by atoms with E-state index >= 15 is 0 Å². The van der Waals surface area contributed by atoms with E-state index in [2.05, 4.69) is 0 Å². The second-order valence-electron chi connectivity index (χ2n) is 9.30. The van der Waals surface area contributed by atoms with E-state index in [1.807, 2.05) is 0 Å². The van der Waals surface area contributed by atoms with E-state index in [1.165, 1.54) is 0 Å². The molecule has 0 bridgehead atoms. The average molecular weight is 546 g/mol. The van der Waals surface area contributed by atoms with Gasteiger partial charge in [-0.3, -0.25) is 0 Å². The number of aliphatic hydroxyl groups is 10. The molecule has 4 saturated heterocycles. The SMILES string of the molecule is OC[C@@H]1O[C@@H](O[C@@H]2[C@@H](O)[C@H](O[C@@H]3COC(O)[C@H](O)[C@H]3O)OC[C@H]2O[C@@H]2OC[C@@H](O)[C@H](O)[C@H]2O)[C@H](O)[C@H]1O. The maximum atomic E-state index is 11.0. The lowest BCUT2D eigenvalue weighted by Gasteiger charge is -2.45. The first kappa shape index (κ1) is 29.3. The van der Waals surface area contributed by atoms with Gasteiger partial charge in [0.1, 0.15) is 73.2 Å². The summed E-state index contributed by atoms with van der Waals surface area (Å²) in [5, 5.41) is 100. The van der Waals surface area contributed by atoms with Crippen LogP contribution in [0.15, 0.2) is 0 Å². The van der Waals surface area contributed by atoms with Crippen molar-refractivity contribution in [2.75, 3.05) is 26.4 Å². The second kappa shape index (κ2) is 12.2. The van der Waals surface area contributed by atoms with Crippen LogP contribution in [0.2, 0.25) is 0 Å². The molecule has 0 aliphatic carbocycles. The normalized spacial score (nSPS) is 53.4. The fraction of sp³-hybridized carbons (Fsp3) is 1.00. The summed E-state index contributed by atoms with van der Waals surface area (Å²) in [6.07, 6.45) is -24.2. The third-order valence-electron chi connectivity index (χ3n) is 6.72. The highest BCUT2D eigenvalue weighted by Gasteiger charge is 2.52. The van der Waals surface area contributed by atoms with Crippen LogP contribution >= 0.6 is 0 Å². The van der Waals surface area contributed by atoms with Crippen molar-refractivity contribution in [3.63, 3.8) is 0 Å². The van der Waals surface area contributed by atoms with Crippen LogP contribution in [0.3, 0.4) is 0 Å². The Hall–Kier alpha value is -0.680. The zero-order valence-corrected chi connectivity index (χ0v) is 19.4. The van der Waals surface area contributed by atoms with Crippen LogP contribution in [0.4, 0.5) is 0 Å². The van der Waals surface area contributed by atoms with Crippen LogP contribution in [-0.2, 0) is 33.2 Å². The Kier molecular flexibility index (Phi) is 9.69. The van der Waals surface area contributed by atoms with Crippen molar-refractivity contribution in [3.05, 3.63) is 0 Å². The molecule has 37 heavy (non-hydrogen) atoms. The van der Waals surface area contributed by atoms with Gasteiger partial charge in [-0.1, -0.05) is 0 Å². The highest BCUT2D eigenvalue weighted by atomic mass is 16.8. The summed E-state index contributed by atoms with van der Waals surface area (Å²) in [6, 6.07) is 0. The quantitative estimate of drug-likeness (QED) is 0.142. The Balaban J connectivity index is 1.48. The first-order chi connectivity index (χ1) is 17.5. The molecule has 0 spiro atoms. The van der Waals surface area contributed by atoms with Gasteiger partial charge in [-0.15, -0.1) is 0 Å². The predicted octanol–water partition coefficient (Wildman–Crippen LogP) is -7.19. The molecule has 17 nitrogen and oxygen atoms in total. The van der Waals surface area contributed by atoms with Crippen LogP contribution in [0.1, 0.15) is 0 Å². The van der Waals surface area contributed by atoms with Crippen molar-refractivity contribution in [3.8, 4) is 0 Å². The zero-order chi connectivity index (χ0) is 27.0. The third kappa shape index (κ3) is 6.08. The molecule has 4 aliphatic rings. The monoisotopic (exact) mass is 546 g/mol. The predicted molar refractivity (Wildman–Crippen MR) is 110 cm³/mol. The summed E-state index contributed by atoms with van der Waals surface area (Å²) < 4.78 is 37.9. The molecule has 0 radical (unpaired) electrons. The molecule has 0 amide bonds. The minimum atomic E-state index is -1.74. The number of hydrogen-bond acceptors (Lipinski definition) is 17. The van der Waals surface area contributed by atoms with Gasteiger partial charge in [0.2, 0.25) is 0 Å². The van der Waals surface area contributed by atoms with Crippen molar-refractivity contribution in [2.45, 2.75) is 98.4 Å². The smallest absolute Gasteiger partial charge is 0.187 e. The van der Waals surface area contributed by atoms with E-state index in [-0.39, 0.29) is 13.2 Å². The summed E-state index contributed by atoms with van der Waals surface area (Å²) in [4.78, 5) is 0. The van der Waals surface area contributed by atoms with E-state index in [1.54, 1.807) is 0 Å². The molecule has 0 aromatic rings. The van der Waals surface area contributed by atoms with Gasteiger partial charge in [0, 0.05) is 0 Å². The van der Waals surface area contributed by atoms with Gasteiger partial charge in [0.25, 0.3) is 0 Å². The molecule has 0 aromatic heterocycles. The average Bonchev–Trinajstić information content (AvgIpc) is 3.15. The Bertz CT molecular complexity index is 731. The van der Waals surface area contributed by atoms with Gasteiger partial charge in [-0.2, -0.15) is 0 Å². The van der Waals surface area contributed by atoms with E-state index in [9.17, 15) is 51.1 Å². The van der Waals surface area contributed by atoms with E-state index in [0.29, 0.717) is 0 Å². The highest BCUT2D eigenvalue weighted by molar-refractivity contribution is 4.93. The lowest BCUT2D eigenvalue weighted by Crippen LogP contribution is -2.62. The first-order valence-electron chi connectivity index (χ1n) is 11.7. The first-order valence-corrected chi connectivity index (χ1v) is 11.7. The fourth-order valence-corrected chi connectivity index (χ4v) is 4.44. The molecule has 10 N–H and O–H groups in total. The second-order valence-corrected chi connectivity index (χ2v) is 9.30. The Labute approximate surface area is 209 Å². The Morgan fingerprint density at radius 2 is 1.14 bits per heavy atom. The lowest BCUT2D eigenvalue weighted by molar-refractivity contribution is -0.362. The largest absolute Gasteiger partial charge is 0.394 e. The molecule has 16 atom stereocenters. The minimum Gasteiger partial charge on any atom is -0.394 e. The summed E-state index contributed by atoms with van der Waals surface area (Å²) in [5.41, 5.74) is 0. The van der Waals surface area contributed by atoms with Crippen molar-refractivity contribution >= 4 is 0 Å². The van der Waals surface area contributed by atoms with Crippen LogP contribution < -0.4 is 0 Å². The molecule has 17 heteroatoms.